The molecule has 0 bridgehead atoms. The summed E-state index contributed by atoms with van der Waals surface area (Å²) in [5, 5.41) is 12.1. The van der Waals surface area contributed by atoms with E-state index >= 15 is 0 Å². The van der Waals surface area contributed by atoms with Gasteiger partial charge in [0.05, 0.1) is 6.54 Å². The third-order valence-electron chi connectivity index (χ3n) is 3.58. The van der Waals surface area contributed by atoms with E-state index in [-0.39, 0.29) is 0 Å². The van der Waals surface area contributed by atoms with Gasteiger partial charge in [0.2, 0.25) is 5.91 Å². The standard InChI is InChI=1S/C15H22N2O2/c18-14(13-6-2-1-3-7-13)12-16-9-5-11-17-10-4-8-15(17)19/h1-3,6-7,14,16,18H,4-5,8-12H2/p+1/t14-/m0/s1. The normalized spacial score (nSPS) is 16.9. The number of aliphatic hydroxyl groups excluding tert-OH is 1. The highest BCUT2D eigenvalue weighted by molar-refractivity contribution is 5.77. The lowest BCUT2D eigenvalue weighted by molar-refractivity contribution is -0.662. The molecule has 1 aromatic carbocycles. The van der Waals surface area contributed by atoms with Crippen LogP contribution in [0.15, 0.2) is 30.3 Å². The lowest BCUT2D eigenvalue weighted by atomic mass is 10.1. The number of carbonyl (C=O) groups is 1. The van der Waals surface area contributed by atoms with E-state index in [2.05, 4.69) is 5.32 Å². The van der Waals surface area contributed by atoms with Crippen molar-refractivity contribution in [3.8, 4) is 0 Å². The summed E-state index contributed by atoms with van der Waals surface area (Å²) in [5.41, 5.74) is 0.966. The maximum Gasteiger partial charge on any atom is 0.222 e. The van der Waals surface area contributed by atoms with Gasteiger partial charge in [0.25, 0.3) is 0 Å². The highest BCUT2D eigenvalue weighted by Gasteiger charge is 2.19. The molecule has 1 heterocycles. The first-order valence-corrected chi connectivity index (χ1v) is 7.10. The first kappa shape index (κ1) is 14.0. The molecule has 1 fully saturated rings. The van der Waals surface area contributed by atoms with E-state index in [4.69, 9.17) is 0 Å². The van der Waals surface area contributed by atoms with Crippen LogP contribution >= 0.6 is 0 Å². The number of quaternary nitrogens is 1. The quantitative estimate of drug-likeness (QED) is 0.695. The van der Waals surface area contributed by atoms with Crippen LogP contribution in [-0.2, 0) is 4.79 Å². The number of nitrogens with zero attached hydrogens (tertiary/aromatic N) is 1. The topological polar surface area (TPSA) is 57.2 Å². The predicted molar refractivity (Wildman–Crippen MR) is 73.5 cm³/mol. The molecule has 0 aliphatic carbocycles. The van der Waals surface area contributed by atoms with E-state index in [9.17, 15) is 9.90 Å². The summed E-state index contributed by atoms with van der Waals surface area (Å²) in [4.78, 5) is 13.4. The third kappa shape index (κ3) is 4.33. The Balaban J connectivity index is 1.58. The molecule has 1 aliphatic heterocycles. The molecule has 2 rings (SSSR count). The fourth-order valence-electron chi connectivity index (χ4n) is 2.45. The van der Waals surface area contributed by atoms with Gasteiger partial charge in [0.15, 0.2) is 0 Å². The first-order valence-electron chi connectivity index (χ1n) is 7.10. The Morgan fingerprint density at radius 3 is 2.79 bits per heavy atom. The molecule has 1 amide bonds. The van der Waals surface area contributed by atoms with Crippen LogP contribution in [0, 0.1) is 0 Å². The van der Waals surface area contributed by atoms with Crippen LogP contribution in [-0.4, -0.2) is 42.1 Å². The van der Waals surface area contributed by atoms with Crippen LogP contribution in [0.3, 0.4) is 0 Å². The van der Waals surface area contributed by atoms with Crippen LogP contribution < -0.4 is 5.32 Å². The summed E-state index contributed by atoms with van der Waals surface area (Å²) in [6, 6.07) is 9.73. The molecule has 19 heavy (non-hydrogen) atoms. The molecule has 1 aliphatic rings. The zero-order chi connectivity index (χ0) is 13.5. The molecule has 0 spiro atoms. The molecule has 1 aromatic rings. The van der Waals surface area contributed by atoms with Gasteiger partial charge in [-0.15, -0.1) is 0 Å². The molecule has 0 radical (unpaired) electrons. The highest BCUT2D eigenvalue weighted by Crippen LogP contribution is 2.10. The van der Waals surface area contributed by atoms with Gasteiger partial charge in [0.1, 0.15) is 12.6 Å². The number of hydrogen-bond donors (Lipinski definition) is 2. The van der Waals surface area contributed by atoms with Crippen molar-refractivity contribution in [3.63, 3.8) is 0 Å². The molecular formula is C15H23N2O2+. The molecule has 0 saturated carbocycles. The van der Waals surface area contributed by atoms with Gasteiger partial charge in [0, 0.05) is 25.9 Å². The molecule has 4 nitrogen and oxygen atoms in total. The largest absolute Gasteiger partial charge is 0.382 e. The predicted octanol–water partition coefficient (Wildman–Crippen LogP) is 0.296. The van der Waals surface area contributed by atoms with Gasteiger partial charge < -0.3 is 15.3 Å². The fraction of sp³-hybridized carbons (Fsp3) is 0.533. The van der Waals surface area contributed by atoms with Gasteiger partial charge in [-0.2, -0.15) is 0 Å². The van der Waals surface area contributed by atoms with Crippen LogP contribution in [0.2, 0.25) is 0 Å². The number of aliphatic hydroxyl groups is 1. The molecule has 1 saturated heterocycles. The second-order valence-electron chi connectivity index (χ2n) is 5.08. The lowest BCUT2D eigenvalue weighted by Crippen LogP contribution is -2.85. The summed E-state index contributed by atoms with van der Waals surface area (Å²) >= 11 is 0. The van der Waals surface area contributed by atoms with Crippen molar-refractivity contribution in [2.24, 2.45) is 0 Å². The minimum atomic E-state index is -0.408. The highest BCUT2D eigenvalue weighted by atomic mass is 16.3. The van der Waals surface area contributed by atoms with Crippen molar-refractivity contribution in [2.75, 3.05) is 26.2 Å². The second-order valence-corrected chi connectivity index (χ2v) is 5.08. The number of likely N-dealkylation sites (tertiary alicyclic amines) is 1. The average Bonchev–Trinajstić information content (AvgIpc) is 2.85. The number of hydrogen-bond acceptors (Lipinski definition) is 2. The van der Waals surface area contributed by atoms with E-state index in [1.807, 2.05) is 35.2 Å². The molecule has 3 N–H and O–H groups in total. The van der Waals surface area contributed by atoms with E-state index in [1.54, 1.807) is 0 Å². The smallest absolute Gasteiger partial charge is 0.222 e. The molecule has 0 unspecified atom stereocenters. The van der Waals surface area contributed by atoms with Crippen molar-refractivity contribution in [1.82, 2.24) is 4.90 Å². The van der Waals surface area contributed by atoms with E-state index < -0.39 is 6.10 Å². The Morgan fingerprint density at radius 1 is 1.32 bits per heavy atom. The van der Waals surface area contributed by atoms with Crippen molar-refractivity contribution in [3.05, 3.63) is 35.9 Å². The zero-order valence-corrected chi connectivity index (χ0v) is 11.3. The zero-order valence-electron chi connectivity index (χ0n) is 11.3. The van der Waals surface area contributed by atoms with Crippen molar-refractivity contribution in [1.29, 1.82) is 0 Å². The Morgan fingerprint density at radius 2 is 2.11 bits per heavy atom. The average molecular weight is 263 g/mol. The minimum absolute atomic E-state index is 0.296. The van der Waals surface area contributed by atoms with Gasteiger partial charge in [-0.25, -0.2) is 0 Å². The fourth-order valence-corrected chi connectivity index (χ4v) is 2.45. The van der Waals surface area contributed by atoms with Gasteiger partial charge in [-0.3, -0.25) is 4.79 Å². The number of amides is 1. The maximum atomic E-state index is 11.4. The number of nitrogens with two attached hydrogens (primary N) is 1. The number of carbonyl (C=O) groups excluding carboxylic acids is 1. The van der Waals surface area contributed by atoms with E-state index in [0.717, 1.165) is 44.5 Å². The van der Waals surface area contributed by atoms with Crippen molar-refractivity contribution < 1.29 is 15.2 Å². The third-order valence-corrected chi connectivity index (χ3v) is 3.58. The van der Waals surface area contributed by atoms with Crippen LogP contribution in [0.1, 0.15) is 30.9 Å². The lowest BCUT2D eigenvalue weighted by Gasteiger charge is -2.15. The Kier molecular flexibility index (Phi) is 5.36. The Hall–Kier alpha value is -1.39. The van der Waals surface area contributed by atoms with Gasteiger partial charge in [-0.1, -0.05) is 30.3 Å². The van der Waals surface area contributed by atoms with Crippen LogP contribution in [0.25, 0.3) is 0 Å². The summed E-state index contributed by atoms with van der Waals surface area (Å²) in [6.07, 6.45) is 2.31. The summed E-state index contributed by atoms with van der Waals surface area (Å²) in [7, 11) is 0. The summed E-state index contributed by atoms with van der Waals surface area (Å²) in [6.45, 7) is 3.41. The number of benzene rings is 1. The Labute approximate surface area is 114 Å². The monoisotopic (exact) mass is 263 g/mol. The molecule has 1 atom stereocenters. The molecule has 4 heteroatoms. The minimum Gasteiger partial charge on any atom is -0.382 e. The van der Waals surface area contributed by atoms with Crippen LogP contribution in [0.5, 0.6) is 0 Å². The van der Waals surface area contributed by atoms with E-state index in [1.165, 1.54) is 0 Å². The summed E-state index contributed by atoms with van der Waals surface area (Å²) in [5.74, 6) is 0.296. The number of rotatable bonds is 7. The Bertz CT molecular complexity index is 394. The first-order chi connectivity index (χ1) is 9.27. The van der Waals surface area contributed by atoms with E-state index in [0.29, 0.717) is 12.5 Å². The van der Waals surface area contributed by atoms with Crippen molar-refractivity contribution in [2.45, 2.75) is 25.4 Å². The summed E-state index contributed by atoms with van der Waals surface area (Å²) < 4.78 is 0. The maximum absolute atomic E-state index is 11.4. The van der Waals surface area contributed by atoms with Crippen molar-refractivity contribution >= 4 is 5.91 Å². The second kappa shape index (κ2) is 7.26. The molecule has 104 valence electrons. The SMILES string of the molecule is O=C1CCCN1CCC[NH2+]C[C@H](O)c1ccccc1. The molecule has 0 aromatic heterocycles. The van der Waals surface area contributed by atoms with Gasteiger partial charge in [-0.05, 0) is 12.0 Å². The molecular weight excluding hydrogens is 240 g/mol. The van der Waals surface area contributed by atoms with Crippen LogP contribution in [0.4, 0.5) is 0 Å². The van der Waals surface area contributed by atoms with Gasteiger partial charge >= 0.3 is 0 Å².